The first-order valence-electron chi connectivity index (χ1n) is 6.40. The molecule has 1 aromatic carbocycles. The molecule has 0 radical (unpaired) electrons. The maximum Gasteiger partial charge on any atom is 0.0701 e. The molecule has 102 valence electrons. The summed E-state index contributed by atoms with van der Waals surface area (Å²) in [6.07, 6.45) is 3.92. The van der Waals surface area contributed by atoms with Crippen LogP contribution >= 0.6 is 15.9 Å². The van der Waals surface area contributed by atoms with E-state index in [1.807, 2.05) is 17.1 Å². The number of halogens is 1. The van der Waals surface area contributed by atoms with Crippen molar-refractivity contribution in [3.63, 3.8) is 0 Å². The largest absolute Gasteiger partial charge is 0.308 e. The highest BCUT2D eigenvalue weighted by molar-refractivity contribution is 9.10. The minimum absolute atomic E-state index is 0.102. The quantitative estimate of drug-likeness (QED) is 0.931. The zero-order chi connectivity index (χ0) is 14.0. The molecule has 0 unspecified atom stereocenters. The number of nitrogens with one attached hydrogen (secondary N) is 1. The van der Waals surface area contributed by atoms with Crippen LogP contribution in [0.3, 0.4) is 0 Å². The molecule has 2 rings (SSSR count). The minimum Gasteiger partial charge on any atom is -0.308 e. The molecule has 19 heavy (non-hydrogen) atoms. The van der Waals surface area contributed by atoms with Crippen LogP contribution in [0.15, 0.2) is 35.1 Å². The fourth-order valence-corrected chi connectivity index (χ4v) is 2.15. The molecule has 1 N–H and O–H groups in total. The standard InChI is InChI=1S/C15H20BrN3/c1-11-8-18-19(10-11)14-7-13(16)6-5-12(14)9-17-15(2,3)4/h5-8,10,17H,9H2,1-4H3. The maximum absolute atomic E-state index is 4.40. The van der Waals surface area contributed by atoms with Gasteiger partial charge in [-0.15, -0.1) is 0 Å². The van der Waals surface area contributed by atoms with Gasteiger partial charge in [0.05, 0.1) is 11.9 Å². The Hall–Kier alpha value is -1.13. The molecular weight excluding hydrogens is 302 g/mol. The van der Waals surface area contributed by atoms with E-state index in [4.69, 9.17) is 0 Å². The highest BCUT2D eigenvalue weighted by Crippen LogP contribution is 2.21. The summed E-state index contributed by atoms with van der Waals surface area (Å²) in [6, 6.07) is 6.31. The van der Waals surface area contributed by atoms with E-state index in [2.05, 4.69) is 72.2 Å². The van der Waals surface area contributed by atoms with Crippen molar-refractivity contribution in [2.45, 2.75) is 39.8 Å². The number of aromatic nitrogens is 2. The number of nitrogens with zero attached hydrogens (tertiary/aromatic N) is 2. The van der Waals surface area contributed by atoms with Gasteiger partial charge in [-0.25, -0.2) is 4.68 Å². The van der Waals surface area contributed by atoms with Crippen molar-refractivity contribution >= 4 is 15.9 Å². The Kier molecular flexibility index (Phi) is 4.11. The van der Waals surface area contributed by atoms with Gasteiger partial charge in [-0.3, -0.25) is 0 Å². The molecule has 0 bridgehead atoms. The summed E-state index contributed by atoms with van der Waals surface area (Å²) in [4.78, 5) is 0. The second kappa shape index (κ2) is 5.47. The minimum atomic E-state index is 0.102. The lowest BCUT2D eigenvalue weighted by Gasteiger charge is -2.21. The maximum atomic E-state index is 4.40. The van der Waals surface area contributed by atoms with E-state index in [0.29, 0.717) is 0 Å². The second-order valence-corrected chi connectivity index (χ2v) is 6.75. The third-order valence-electron chi connectivity index (χ3n) is 2.82. The third-order valence-corrected chi connectivity index (χ3v) is 3.31. The van der Waals surface area contributed by atoms with Gasteiger partial charge in [0.1, 0.15) is 0 Å². The summed E-state index contributed by atoms with van der Waals surface area (Å²) in [7, 11) is 0. The molecule has 0 aliphatic carbocycles. The van der Waals surface area contributed by atoms with Crippen LogP contribution in [0.25, 0.3) is 5.69 Å². The first kappa shape index (κ1) is 14.3. The van der Waals surface area contributed by atoms with E-state index < -0.39 is 0 Å². The van der Waals surface area contributed by atoms with Gasteiger partial charge in [-0.05, 0) is 51.0 Å². The van der Waals surface area contributed by atoms with E-state index in [1.165, 1.54) is 5.56 Å². The third kappa shape index (κ3) is 3.91. The normalized spacial score (nSPS) is 11.8. The molecular formula is C15H20BrN3. The lowest BCUT2D eigenvalue weighted by atomic mass is 10.1. The van der Waals surface area contributed by atoms with Gasteiger partial charge in [0, 0.05) is 22.8 Å². The van der Waals surface area contributed by atoms with Gasteiger partial charge in [-0.1, -0.05) is 22.0 Å². The smallest absolute Gasteiger partial charge is 0.0701 e. The van der Waals surface area contributed by atoms with Crippen molar-refractivity contribution in [3.05, 3.63) is 46.2 Å². The van der Waals surface area contributed by atoms with Crippen LogP contribution in [0.2, 0.25) is 0 Å². The first-order valence-corrected chi connectivity index (χ1v) is 7.19. The van der Waals surface area contributed by atoms with E-state index >= 15 is 0 Å². The van der Waals surface area contributed by atoms with E-state index in [9.17, 15) is 0 Å². The Morgan fingerprint density at radius 2 is 2.05 bits per heavy atom. The van der Waals surface area contributed by atoms with Crippen molar-refractivity contribution in [3.8, 4) is 5.69 Å². The summed E-state index contributed by atoms with van der Waals surface area (Å²) in [5.41, 5.74) is 3.61. The molecule has 1 aromatic heterocycles. The first-order chi connectivity index (χ1) is 8.85. The summed E-state index contributed by atoms with van der Waals surface area (Å²) < 4.78 is 3.00. The Balaban J connectivity index is 2.33. The fourth-order valence-electron chi connectivity index (χ4n) is 1.80. The molecule has 3 nitrogen and oxygen atoms in total. The van der Waals surface area contributed by atoms with Gasteiger partial charge in [0.2, 0.25) is 0 Å². The van der Waals surface area contributed by atoms with Gasteiger partial charge in [0.25, 0.3) is 0 Å². The lowest BCUT2D eigenvalue weighted by Crippen LogP contribution is -2.35. The molecule has 0 saturated carbocycles. The molecule has 0 atom stereocenters. The van der Waals surface area contributed by atoms with Crippen LogP contribution in [-0.2, 0) is 6.54 Å². The monoisotopic (exact) mass is 321 g/mol. The Morgan fingerprint density at radius 1 is 1.32 bits per heavy atom. The van der Waals surface area contributed by atoms with Gasteiger partial charge in [0.15, 0.2) is 0 Å². The predicted molar refractivity (Wildman–Crippen MR) is 82.6 cm³/mol. The number of aryl methyl sites for hydroxylation is 1. The molecule has 0 amide bonds. The molecule has 0 spiro atoms. The Labute approximate surface area is 123 Å². The van der Waals surface area contributed by atoms with Crippen LogP contribution in [0, 0.1) is 6.92 Å². The van der Waals surface area contributed by atoms with Gasteiger partial charge < -0.3 is 5.32 Å². The van der Waals surface area contributed by atoms with E-state index in [-0.39, 0.29) is 5.54 Å². The van der Waals surface area contributed by atoms with Gasteiger partial charge >= 0.3 is 0 Å². The predicted octanol–water partition coefficient (Wildman–Crippen LogP) is 3.83. The van der Waals surface area contributed by atoms with E-state index in [1.54, 1.807) is 0 Å². The SMILES string of the molecule is Cc1cnn(-c2cc(Br)ccc2CNC(C)(C)C)c1. The average molecular weight is 322 g/mol. The molecule has 0 fully saturated rings. The number of hydrogen-bond donors (Lipinski definition) is 1. The molecule has 4 heteroatoms. The molecule has 0 aliphatic rings. The van der Waals surface area contributed by atoms with Crippen LogP contribution < -0.4 is 5.32 Å². The van der Waals surface area contributed by atoms with Crippen molar-refractivity contribution in [2.75, 3.05) is 0 Å². The Bertz CT molecular complexity index is 567. The highest BCUT2D eigenvalue weighted by atomic mass is 79.9. The molecule has 0 aliphatic heterocycles. The Morgan fingerprint density at radius 3 is 2.63 bits per heavy atom. The van der Waals surface area contributed by atoms with Crippen LogP contribution in [-0.4, -0.2) is 15.3 Å². The summed E-state index contributed by atoms with van der Waals surface area (Å²) in [6.45, 7) is 9.39. The van der Waals surface area contributed by atoms with Crippen molar-refractivity contribution in [1.29, 1.82) is 0 Å². The second-order valence-electron chi connectivity index (χ2n) is 5.84. The fraction of sp³-hybridized carbons (Fsp3) is 0.400. The number of hydrogen-bond acceptors (Lipinski definition) is 2. The summed E-state index contributed by atoms with van der Waals surface area (Å²) in [5, 5.41) is 7.92. The number of benzene rings is 1. The summed E-state index contributed by atoms with van der Waals surface area (Å²) in [5.74, 6) is 0. The molecule has 1 heterocycles. The molecule has 2 aromatic rings. The highest BCUT2D eigenvalue weighted by Gasteiger charge is 2.12. The summed E-state index contributed by atoms with van der Waals surface area (Å²) >= 11 is 3.53. The van der Waals surface area contributed by atoms with Crippen molar-refractivity contribution in [1.82, 2.24) is 15.1 Å². The number of rotatable bonds is 3. The van der Waals surface area contributed by atoms with Crippen LogP contribution in [0.5, 0.6) is 0 Å². The van der Waals surface area contributed by atoms with Crippen molar-refractivity contribution in [2.24, 2.45) is 0 Å². The zero-order valence-electron chi connectivity index (χ0n) is 11.9. The van der Waals surface area contributed by atoms with E-state index in [0.717, 1.165) is 22.3 Å². The zero-order valence-corrected chi connectivity index (χ0v) is 13.5. The van der Waals surface area contributed by atoms with Crippen molar-refractivity contribution < 1.29 is 0 Å². The van der Waals surface area contributed by atoms with Crippen LogP contribution in [0.1, 0.15) is 31.9 Å². The lowest BCUT2D eigenvalue weighted by molar-refractivity contribution is 0.424. The van der Waals surface area contributed by atoms with Crippen LogP contribution in [0.4, 0.5) is 0 Å². The van der Waals surface area contributed by atoms with Gasteiger partial charge in [-0.2, -0.15) is 5.10 Å². The topological polar surface area (TPSA) is 29.9 Å². The molecule has 0 saturated heterocycles. The average Bonchev–Trinajstić information content (AvgIpc) is 2.73.